The Morgan fingerprint density at radius 3 is 2.41 bits per heavy atom. The number of piperazine rings is 2. The van der Waals surface area contributed by atoms with Crippen LogP contribution in [0.2, 0.25) is 0 Å². The lowest BCUT2D eigenvalue weighted by molar-refractivity contribution is 0.233. The number of halogens is 1. The number of fused-ring (bicyclic) bond motifs is 1. The van der Waals surface area contributed by atoms with Crippen LogP contribution in [0.3, 0.4) is 0 Å². The second-order valence-electron chi connectivity index (χ2n) is 8.60. The smallest absolute Gasteiger partial charge is 0.277 e. The van der Waals surface area contributed by atoms with Crippen molar-refractivity contribution in [2.24, 2.45) is 0 Å². The molecule has 0 aliphatic carbocycles. The number of anilines is 3. The Hall–Kier alpha value is -2.79. The van der Waals surface area contributed by atoms with Gasteiger partial charge in [-0.25, -0.2) is 10.1 Å². The number of aromatic nitrogens is 4. The van der Waals surface area contributed by atoms with Crippen LogP contribution in [0.1, 0.15) is 12.5 Å². The van der Waals surface area contributed by atoms with Gasteiger partial charge in [-0.3, -0.25) is 9.69 Å². The molecule has 2 aromatic heterocycles. The Kier molecular flexibility index (Phi) is 7.94. The van der Waals surface area contributed by atoms with E-state index in [1.807, 2.05) is 12.1 Å². The fourth-order valence-electron chi connectivity index (χ4n) is 4.44. The Morgan fingerprint density at radius 2 is 1.71 bits per heavy atom. The molecule has 0 atom stereocenters. The summed E-state index contributed by atoms with van der Waals surface area (Å²) >= 11 is 0. The highest BCUT2D eigenvalue weighted by molar-refractivity contribution is 5.90. The zero-order valence-corrected chi connectivity index (χ0v) is 20.3. The van der Waals surface area contributed by atoms with Crippen LogP contribution in [0.4, 0.5) is 17.5 Å². The lowest BCUT2D eigenvalue weighted by Crippen LogP contribution is -2.46. The topological polar surface area (TPSA) is 105 Å². The minimum atomic E-state index is -0.298. The minimum absolute atomic E-state index is 0. The Bertz CT molecular complexity index is 1140. The van der Waals surface area contributed by atoms with E-state index in [2.05, 4.69) is 59.6 Å². The van der Waals surface area contributed by atoms with Crippen LogP contribution < -0.4 is 21.1 Å². The number of H-pyrrole nitrogens is 1. The molecule has 3 N–H and O–H groups in total. The molecule has 11 heteroatoms. The maximum Gasteiger partial charge on any atom is 0.277 e. The second-order valence-corrected chi connectivity index (χ2v) is 8.60. The number of nitrogens with one attached hydrogen (secondary N) is 3. The van der Waals surface area contributed by atoms with Gasteiger partial charge in [0.1, 0.15) is 16.7 Å². The van der Waals surface area contributed by atoms with Crippen molar-refractivity contribution in [2.45, 2.75) is 13.5 Å². The molecule has 10 nitrogen and oxygen atoms in total. The summed E-state index contributed by atoms with van der Waals surface area (Å²) < 4.78 is 0. The molecule has 2 saturated heterocycles. The molecule has 34 heavy (non-hydrogen) atoms. The largest absolute Gasteiger partial charge is 0.339 e. The van der Waals surface area contributed by atoms with E-state index in [1.54, 1.807) is 6.20 Å². The highest BCUT2D eigenvalue weighted by Crippen LogP contribution is 2.24. The normalized spacial score (nSPS) is 17.5. The van der Waals surface area contributed by atoms with E-state index in [4.69, 9.17) is 4.98 Å². The number of likely N-dealkylation sites (N-methyl/N-ethyl adjacent to an activating group) is 1. The van der Waals surface area contributed by atoms with E-state index in [9.17, 15) is 4.79 Å². The Morgan fingerprint density at radius 1 is 0.971 bits per heavy atom. The van der Waals surface area contributed by atoms with Crippen LogP contribution in [-0.4, -0.2) is 88.9 Å². The molecule has 182 valence electrons. The fraction of sp³-hybridized carbons (Fsp3) is 0.478. The molecule has 2 fully saturated rings. The van der Waals surface area contributed by atoms with Gasteiger partial charge in [-0.2, -0.15) is 10.1 Å². The van der Waals surface area contributed by atoms with Crippen molar-refractivity contribution >= 4 is 40.8 Å². The summed E-state index contributed by atoms with van der Waals surface area (Å²) in [5.41, 5.74) is 2.40. The average Bonchev–Trinajstić information content (AvgIpc) is 2.86. The second kappa shape index (κ2) is 11.1. The molecule has 0 bridgehead atoms. The molecule has 0 radical (unpaired) electrons. The van der Waals surface area contributed by atoms with Crippen molar-refractivity contribution in [3.63, 3.8) is 0 Å². The quantitative estimate of drug-likeness (QED) is 0.478. The number of nitrogens with zero attached hydrogens (tertiary/aromatic N) is 6. The first-order valence-electron chi connectivity index (χ1n) is 11.7. The maximum atomic E-state index is 12.6. The third kappa shape index (κ3) is 5.47. The summed E-state index contributed by atoms with van der Waals surface area (Å²) in [6.45, 7) is 12.0. The first-order valence-corrected chi connectivity index (χ1v) is 11.7. The minimum Gasteiger partial charge on any atom is -0.339 e. The summed E-state index contributed by atoms with van der Waals surface area (Å²) in [6, 6.07) is 8.34. The van der Waals surface area contributed by atoms with Gasteiger partial charge in [-0.1, -0.05) is 19.1 Å². The molecule has 0 spiro atoms. The molecule has 0 saturated carbocycles. The highest BCUT2D eigenvalue weighted by Gasteiger charge is 2.21. The van der Waals surface area contributed by atoms with Gasteiger partial charge in [0.15, 0.2) is 0 Å². The molecule has 3 aromatic rings. The lowest BCUT2D eigenvalue weighted by atomic mass is 10.2. The molecule has 4 heterocycles. The predicted octanol–water partition coefficient (Wildman–Crippen LogP) is 1.43. The van der Waals surface area contributed by atoms with Crippen LogP contribution in [0.5, 0.6) is 0 Å². The van der Waals surface area contributed by atoms with Gasteiger partial charge in [0.25, 0.3) is 5.56 Å². The summed E-state index contributed by atoms with van der Waals surface area (Å²) in [5, 5.41) is 13.6. The highest BCUT2D eigenvalue weighted by atomic mass is 35.5. The van der Waals surface area contributed by atoms with Crippen molar-refractivity contribution in [3.8, 4) is 0 Å². The van der Waals surface area contributed by atoms with Crippen molar-refractivity contribution < 1.29 is 0 Å². The first-order chi connectivity index (χ1) is 16.2. The van der Waals surface area contributed by atoms with Gasteiger partial charge < -0.3 is 20.4 Å². The number of aromatic amines is 1. The fourth-order valence-corrected chi connectivity index (χ4v) is 4.44. The lowest BCUT2D eigenvalue weighted by Gasteiger charge is -2.34. The predicted molar refractivity (Wildman–Crippen MR) is 137 cm³/mol. The summed E-state index contributed by atoms with van der Waals surface area (Å²) in [4.78, 5) is 29.0. The van der Waals surface area contributed by atoms with Crippen LogP contribution in [0, 0.1) is 0 Å². The number of hydrogen-bond acceptors (Lipinski definition) is 9. The molecule has 5 rings (SSSR count). The monoisotopic (exact) mass is 485 g/mol. The third-order valence-electron chi connectivity index (χ3n) is 6.44. The van der Waals surface area contributed by atoms with Crippen molar-refractivity contribution in [1.82, 2.24) is 35.3 Å². The standard InChI is InChI=1S/C23H31N9O.ClH/c1-2-30-11-13-32(14-12-30)23-27-19-15-25-29-22(33)20(19)21(28-23)26-18-5-3-17(4-6-18)16-31-9-7-24-8-10-31;/h3-6,15,24H,2,7-14,16H2,1H3,(H,29,33)(H,26,27,28);1H. The molecule has 0 unspecified atom stereocenters. The zero-order chi connectivity index (χ0) is 22.6. The molecule has 1 aromatic carbocycles. The summed E-state index contributed by atoms with van der Waals surface area (Å²) in [5.74, 6) is 1.13. The molecular formula is C23H32ClN9O. The Labute approximate surface area is 205 Å². The van der Waals surface area contributed by atoms with Crippen molar-refractivity contribution in [3.05, 3.63) is 46.4 Å². The molecule has 2 aliphatic heterocycles. The van der Waals surface area contributed by atoms with Crippen LogP contribution in [0.25, 0.3) is 10.9 Å². The molecular weight excluding hydrogens is 454 g/mol. The van der Waals surface area contributed by atoms with Crippen LogP contribution in [0.15, 0.2) is 35.3 Å². The van der Waals surface area contributed by atoms with Gasteiger partial charge in [0.2, 0.25) is 5.95 Å². The number of hydrogen-bond donors (Lipinski definition) is 3. The van der Waals surface area contributed by atoms with E-state index < -0.39 is 0 Å². The summed E-state index contributed by atoms with van der Waals surface area (Å²) in [6.07, 6.45) is 1.59. The van der Waals surface area contributed by atoms with E-state index >= 15 is 0 Å². The average molecular weight is 486 g/mol. The molecule has 0 amide bonds. The van der Waals surface area contributed by atoms with Gasteiger partial charge in [-0.15, -0.1) is 12.4 Å². The van der Waals surface area contributed by atoms with E-state index in [0.717, 1.165) is 71.1 Å². The van der Waals surface area contributed by atoms with E-state index in [1.165, 1.54) is 5.56 Å². The van der Waals surface area contributed by atoms with Gasteiger partial charge in [-0.05, 0) is 24.2 Å². The Balaban J connectivity index is 0.00000274. The zero-order valence-electron chi connectivity index (χ0n) is 19.5. The van der Waals surface area contributed by atoms with Crippen LogP contribution in [-0.2, 0) is 6.54 Å². The van der Waals surface area contributed by atoms with Crippen LogP contribution >= 0.6 is 12.4 Å². The van der Waals surface area contributed by atoms with Gasteiger partial charge in [0, 0.05) is 64.6 Å². The van der Waals surface area contributed by atoms with E-state index in [-0.39, 0.29) is 18.0 Å². The number of rotatable bonds is 6. The first kappa shape index (κ1) is 24.3. The molecule has 2 aliphatic rings. The third-order valence-corrected chi connectivity index (χ3v) is 6.44. The van der Waals surface area contributed by atoms with E-state index in [0.29, 0.717) is 22.7 Å². The van der Waals surface area contributed by atoms with Crippen molar-refractivity contribution in [2.75, 3.05) is 69.1 Å². The SMILES string of the molecule is CCN1CCN(c2nc(Nc3ccc(CN4CCNCC4)cc3)c3c(=O)[nH]ncc3n2)CC1.Cl. The number of benzene rings is 1. The van der Waals surface area contributed by atoms with Gasteiger partial charge in [0.05, 0.1) is 6.20 Å². The van der Waals surface area contributed by atoms with Gasteiger partial charge >= 0.3 is 0 Å². The summed E-state index contributed by atoms with van der Waals surface area (Å²) in [7, 11) is 0. The maximum absolute atomic E-state index is 12.6. The van der Waals surface area contributed by atoms with Crippen molar-refractivity contribution in [1.29, 1.82) is 0 Å².